The minimum Gasteiger partial charge on any atom is -0.340 e. The van der Waals surface area contributed by atoms with Crippen LogP contribution in [0.25, 0.3) is 0 Å². The van der Waals surface area contributed by atoms with E-state index in [9.17, 15) is 4.79 Å². The predicted molar refractivity (Wildman–Crippen MR) is 76.4 cm³/mol. The number of rotatable bonds is 3. The van der Waals surface area contributed by atoms with Crippen LogP contribution in [0.4, 0.5) is 5.69 Å². The number of anilines is 1. The van der Waals surface area contributed by atoms with E-state index in [2.05, 4.69) is 9.97 Å². The van der Waals surface area contributed by atoms with E-state index in [0.29, 0.717) is 0 Å². The largest absolute Gasteiger partial charge is 0.340 e. The average Bonchev–Trinajstić information content (AvgIpc) is 3.03. The molecule has 0 saturated carbocycles. The van der Waals surface area contributed by atoms with Gasteiger partial charge >= 0.3 is 0 Å². The lowest BCUT2D eigenvalue weighted by Gasteiger charge is -2.16. The number of nitrogens with zero attached hydrogens (tertiary/aromatic N) is 2. The molecule has 1 unspecified atom stereocenters. The summed E-state index contributed by atoms with van der Waals surface area (Å²) in [4.78, 5) is 21.4. The summed E-state index contributed by atoms with van der Waals surface area (Å²) in [5, 5.41) is 0.775. The topological polar surface area (TPSA) is 49.0 Å². The smallest absolute Gasteiger partial charge is 0.240 e. The fraction of sp³-hybridized carbons (Fsp3) is 0.286. The fourth-order valence-corrected chi connectivity index (χ4v) is 3.17. The number of aryl methyl sites for hydroxylation is 1. The molecule has 0 radical (unpaired) electrons. The monoisotopic (exact) mass is 273 g/mol. The third-order valence-corrected chi connectivity index (χ3v) is 4.40. The highest BCUT2D eigenvalue weighted by Gasteiger charge is 2.33. The molecule has 1 aromatic heterocycles. The third-order valence-electron chi connectivity index (χ3n) is 3.23. The number of H-pyrrole nitrogens is 1. The second-order valence-electron chi connectivity index (χ2n) is 4.61. The highest BCUT2D eigenvalue weighted by Crippen LogP contribution is 2.31. The number of hydrogen-bond donors (Lipinski definition) is 1. The molecular formula is C14H15N3OS. The zero-order chi connectivity index (χ0) is 13.2. The van der Waals surface area contributed by atoms with Crippen LogP contribution >= 0.6 is 11.8 Å². The van der Waals surface area contributed by atoms with Gasteiger partial charge in [0.15, 0.2) is 5.16 Å². The number of imidazole rings is 1. The molecule has 0 bridgehead atoms. The van der Waals surface area contributed by atoms with E-state index in [1.54, 1.807) is 12.4 Å². The first-order valence-corrected chi connectivity index (χ1v) is 7.16. The van der Waals surface area contributed by atoms with Crippen LogP contribution in [0, 0.1) is 6.92 Å². The van der Waals surface area contributed by atoms with Crippen molar-refractivity contribution in [1.29, 1.82) is 0 Å². The Bertz CT molecular complexity index is 565. The van der Waals surface area contributed by atoms with Gasteiger partial charge in [-0.25, -0.2) is 4.98 Å². The molecule has 5 heteroatoms. The van der Waals surface area contributed by atoms with Crippen LogP contribution in [-0.2, 0) is 4.79 Å². The van der Waals surface area contributed by atoms with Crippen LogP contribution in [0.2, 0.25) is 0 Å². The van der Waals surface area contributed by atoms with Gasteiger partial charge in [-0.15, -0.1) is 0 Å². The van der Waals surface area contributed by atoms with Crippen molar-refractivity contribution in [2.45, 2.75) is 23.8 Å². The zero-order valence-corrected chi connectivity index (χ0v) is 11.5. The van der Waals surface area contributed by atoms with Crippen molar-refractivity contribution in [1.82, 2.24) is 9.97 Å². The maximum Gasteiger partial charge on any atom is 0.240 e. The van der Waals surface area contributed by atoms with E-state index >= 15 is 0 Å². The normalized spacial score (nSPS) is 19.1. The van der Waals surface area contributed by atoms with Crippen LogP contribution in [0.15, 0.2) is 41.8 Å². The molecule has 0 aliphatic carbocycles. The third kappa shape index (κ3) is 2.51. The Hall–Kier alpha value is -1.75. The molecule has 4 nitrogen and oxygen atoms in total. The first kappa shape index (κ1) is 12.3. The summed E-state index contributed by atoms with van der Waals surface area (Å²) in [6.45, 7) is 2.82. The predicted octanol–water partition coefficient (Wildman–Crippen LogP) is 2.62. The van der Waals surface area contributed by atoms with Gasteiger partial charge in [0.1, 0.15) is 0 Å². The van der Waals surface area contributed by atoms with E-state index < -0.39 is 0 Å². The molecule has 0 spiro atoms. The van der Waals surface area contributed by atoms with E-state index in [-0.39, 0.29) is 11.2 Å². The van der Waals surface area contributed by atoms with Gasteiger partial charge in [-0.2, -0.15) is 0 Å². The number of amides is 1. The van der Waals surface area contributed by atoms with Crippen molar-refractivity contribution in [2.75, 3.05) is 11.4 Å². The lowest BCUT2D eigenvalue weighted by atomic mass is 10.2. The molecule has 1 fully saturated rings. The lowest BCUT2D eigenvalue weighted by Crippen LogP contribution is -2.27. The second kappa shape index (κ2) is 5.09. The minimum atomic E-state index is -0.0348. The highest BCUT2D eigenvalue weighted by molar-refractivity contribution is 8.00. The molecule has 1 saturated heterocycles. The van der Waals surface area contributed by atoms with Crippen molar-refractivity contribution in [3.8, 4) is 0 Å². The Morgan fingerprint density at radius 1 is 1.37 bits per heavy atom. The maximum atomic E-state index is 12.4. The maximum absolute atomic E-state index is 12.4. The van der Waals surface area contributed by atoms with Crippen LogP contribution in [0.1, 0.15) is 12.0 Å². The second-order valence-corrected chi connectivity index (χ2v) is 5.81. The molecule has 1 N–H and O–H groups in total. The van der Waals surface area contributed by atoms with Crippen molar-refractivity contribution in [3.05, 3.63) is 42.2 Å². The van der Waals surface area contributed by atoms with Crippen LogP contribution in [0.5, 0.6) is 0 Å². The first-order chi connectivity index (χ1) is 9.24. The summed E-state index contributed by atoms with van der Waals surface area (Å²) < 4.78 is 0. The van der Waals surface area contributed by atoms with Gasteiger partial charge in [-0.1, -0.05) is 29.5 Å². The van der Waals surface area contributed by atoms with E-state index in [1.165, 1.54) is 17.3 Å². The molecule has 2 heterocycles. The molecule has 1 aliphatic heterocycles. The molecule has 1 aliphatic rings. The van der Waals surface area contributed by atoms with Crippen molar-refractivity contribution >= 4 is 23.4 Å². The summed E-state index contributed by atoms with van der Waals surface area (Å²) in [7, 11) is 0. The SMILES string of the molecule is Cc1ccc(N2CCC(Sc3ncc[nH]3)C2=O)cc1. The standard InChI is InChI=1S/C14H15N3OS/c1-10-2-4-11(5-3-10)17-9-6-12(13(17)18)19-14-15-7-8-16-14/h2-5,7-8,12H,6,9H2,1H3,(H,15,16). The molecule has 1 amide bonds. The van der Waals surface area contributed by atoms with Crippen LogP contribution in [0.3, 0.4) is 0 Å². The lowest BCUT2D eigenvalue weighted by molar-refractivity contribution is -0.116. The number of aromatic nitrogens is 2. The van der Waals surface area contributed by atoms with Crippen LogP contribution < -0.4 is 4.90 Å². The Morgan fingerprint density at radius 3 is 2.84 bits per heavy atom. The molecular weight excluding hydrogens is 258 g/mol. The summed E-state index contributed by atoms with van der Waals surface area (Å²) >= 11 is 1.51. The number of carbonyl (C=O) groups is 1. The number of benzene rings is 1. The number of carbonyl (C=O) groups excluding carboxylic acids is 1. The molecule has 1 aromatic carbocycles. The van der Waals surface area contributed by atoms with Crippen LogP contribution in [-0.4, -0.2) is 27.7 Å². The average molecular weight is 273 g/mol. The summed E-state index contributed by atoms with van der Waals surface area (Å²) in [6.07, 6.45) is 4.34. The highest BCUT2D eigenvalue weighted by atomic mass is 32.2. The van der Waals surface area contributed by atoms with E-state index in [4.69, 9.17) is 0 Å². The summed E-state index contributed by atoms with van der Waals surface area (Å²) in [5.74, 6) is 0.172. The van der Waals surface area contributed by atoms with Gasteiger partial charge in [0, 0.05) is 24.6 Å². The Labute approximate surface area is 116 Å². The van der Waals surface area contributed by atoms with Gasteiger partial charge in [0.05, 0.1) is 5.25 Å². The van der Waals surface area contributed by atoms with E-state index in [1.807, 2.05) is 36.1 Å². The van der Waals surface area contributed by atoms with Gasteiger partial charge in [0.2, 0.25) is 5.91 Å². The number of thioether (sulfide) groups is 1. The van der Waals surface area contributed by atoms with Gasteiger partial charge in [-0.3, -0.25) is 4.79 Å². The quantitative estimate of drug-likeness (QED) is 0.935. The Balaban J connectivity index is 1.73. The van der Waals surface area contributed by atoms with E-state index in [0.717, 1.165) is 23.8 Å². The van der Waals surface area contributed by atoms with Crippen molar-refractivity contribution in [3.63, 3.8) is 0 Å². The minimum absolute atomic E-state index is 0.0348. The first-order valence-electron chi connectivity index (χ1n) is 6.28. The molecule has 3 rings (SSSR count). The number of nitrogens with one attached hydrogen (secondary N) is 1. The molecule has 2 aromatic rings. The summed E-state index contributed by atoms with van der Waals surface area (Å²) in [6, 6.07) is 8.09. The Kier molecular flexibility index (Phi) is 3.29. The van der Waals surface area contributed by atoms with Gasteiger partial charge in [-0.05, 0) is 25.5 Å². The van der Waals surface area contributed by atoms with Gasteiger partial charge in [0.25, 0.3) is 0 Å². The van der Waals surface area contributed by atoms with Crippen molar-refractivity contribution < 1.29 is 4.79 Å². The Morgan fingerprint density at radius 2 is 2.16 bits per heavy atom. The molecule has 1 atom stereocenters. The fourth-order valence-electron chi connectivity index (χ4n) is 2.19. The zero-order valence-electron chi connectivity index (χ0n) is 10.7. The molecule has 98 valence electrons. The van der Waals surface area contributed by atoms with Crippen molar-refractivity contribution in [2.24, 2.45) is 0 Å². The number of hydrogen-bond acceptors (Lipinski definition) is 3. The summed E-state index contributed by atoms with van der Waals surface area (Å²) in [5.41, 5.74) is 2.19. The molecule has 19 heavy (non-hydrogen) atoms. The van der Waals surface area contributed by atoms with Gasteiger partial charge < -0.3 is 9.88 Å². The number of aromatic amines is 1.